The highest BCUT2D eigenvalue weighted by Gasteiger charge is 2.25. The van der Waals surface area contributed by atoms with Crippen molar-refractivity contribution in [2.75, 3.05) is 6.54 Å². The van der Waals surface area contributed by atoms with Crippen molar-refractivity contribution < 1.29 is 4.79 Å². The van der Waals surface area contributed by atoms with Crippen LogP contribution >= 0.6 is 0 Å². The molecule has 0 amide bonds. The van der Waals surface area contributed by atoms with Gasteiger partial charge in [0.25, 0.3) is 0 Å². The molecule has 0 saturated heterocycles. The number of hydrogen-bond acceptors (Lipinski definition) is 5. The number of nitrogens with one attached hydrogen (secondary N) is 2. The molecule has 1 atom stereocenters. The summed E-state index contributed by atoms with van der Waals surface area (Å²) in [6, 6.07) is 24.7. The Kier molecular flexibility index (Phi) is 6.20. The fraction of sp³-hybridized carbons (Fsp3) is 0.143. The van der Waals surface area contributed by atoms with E-state index in [2.05, 4.69) is 26.7 Å². The highest BCUT2D eigenvalue weighted by atomic mass is 16.1. The van der Waals surface area contributed by atoms with Crippen molar-refractivity contribution in [2.45, 2.75) is 12.5 Å². The van der Waals surface area contributed by atoms with E-state index in [1.54, 1.807) is 4.68 Å². The van der Waals surface area contributed by atoms with Gasteiger partial charge in [0.05, 0.1) is 29.4 Å². The second-order valence-corrected chi connectivity index (χ2v) is 8.46. The molecule has 3 aromatic carbocycles. The Bertz CT molecular complexity index is 1510. The van der Waals surface area contributed by atoms with Gasteiger partial charge in [-0.25, -0.2) is 0 Å². The summed E-state index contributed by atoms with van der Waals surface area (Å²) >= 11 is 0. The van der Waals surface area contributed by atoms with Gasteiger partial charge in [-0.15, -0.1) is 0 Å². The number of fused-ring (bicyclic) bond motifs is 1. The topological polar surface area (TPSA) is 99.4 Å². The second kappa shape index (κ2) is 9.75. The third kappa shape index (κ3) is 4.74. The standard InChI is InChI=1S/C28H24N6O/c1-34-18-23(17-31-34)22-11-12-24-25(15-22)32-33-27(24)28(35)26(21-5-3-2-4-6-21)30-14-13-19-7-9-20(16-29)10-8-19/h2-12,15,17-18,26,30H,13-14H2,1H3,(H,32,33). The molecule has 7 nitrogen and oxygen atoms in total. The Balaban J connectivity index is 1.39. The molecule has 0 aliphatic carbocycles. The van der Waals surface area contributed by atoms with Crippen molar-refractivity contribution in [3.63, 3.8) is 0 Å². The van der Waals surface area contributed by atoms with E-state index in [0.29, 0.717) is 17.8 Å². The average molecular weight is 461 g/mol. The molecule has 2 aromatic heterocycles. The minimum absolute atomic E-state index is 0.0867. The normalized spacial score (nSPS) is 11.9. The van der Waals surface area contributed by atoms with Crippen LogP contribution in [0.1, 0.15) is 33.2 Å². The van der Waals surface area contributed by atoms with Crippen LogP contribution in [-0.4, -0.2) is 32.3 Å². The number of aromatic amines is 1. The predicted octanol–water partition coefficient (Wildman–Crippen LogP) is 4.59. The van der Waals surface area contributed by atoms with Crippen LogP contribution in [-0.2, 0) is 13.5 Å². The second-order valence-electron chi connectivity index (χ2n) is 8.46. The first kappa shape index (κ1) is 22.3. The van der Waals surface area contributed by atoms with Crippen LogP contribution in [0.25, 0.3) is 22.0 Å². The zero-order chi connectivity index (χ0) is 24.2. The number of H-pyrrole nitrogens is 1. The van der Waals surface area contributed by atoms with Gasteiger partial charge in [0.15, 0.2) is 0 Å². The summed E-state index contributed by atoms with van der Waals surface area (Å²) in [5.41, 5.74) is 5.86. The molecule has 0 aliphatic rings. The predicted molar refractivity (Wildman–Crippen MR) is 135 cm³/mol. The summed E-state index contributed by atoms with van der Waals surface area (Å²) in [7, 11) is 1.88. The molecular weight excluding hydrogens is 436 g/mol. The largest absolute Gasteiger partial charge is 0.303 e. The van der Waals surface area contributed by atoms with Crippen LogP contribution < -0.4 is 5.32 Å². The number of aryl methyl sites for hydroxylation is 1. The number of nitrogens with zero attached hydrogens (tertiary/aromatic N) is 4. The zero-order valence-electron chi connectivity index (χ0n) is 19.3. The molecule has 0 fully saturated rings. The maximum Gasteiger partial charge on any atom is 0.205 e. The fourth-order valence-electron chi connectivity index (χ4n) is 4.21. The Morgan fingerprint density at radius 3 is 2.60 bits per heavy atom. The van der Waals surface area contributed by atoms with Gasteiger partial charge in [-0.1, -0.05) is 48.5 Å². The quantitative estimate of drug-likeness (QED) is 0.330. The van der Waals surface area contributed by atoms with E-state index in [1.165, 1.54) is 0 Å². The molecule has 172 valence electrons. The van der Waals surface area contributed by atoms with Crippen LogP contribution in [0, 0.1) is 11.3 Å². The Morgan fingerprint density at radius 1 is 1.09 bits per heavy atom. The van der Waals surface area contributed by atoms with Gasteiger partial charge in [-0.2, -0.15) is 15.5 Å². The van der Waals surface area contributed by atoms with E-state index in [4.69, 9.17) is 5.26 Å². The first-order chi connectivity index (χ1) is 17.1. The maximum atomic E-state index is 13.7. The zero-order valence-corrected chi connectivity index (χ0v) is 19.3. The van der Waals surface area contributed by atoms with E-state index in [1.807, 2.05) is 92.2 Å². The van der Waals surface area contributed by atoms with Crippen molar-refractivity contribution in [3.8, 4) is 17.2 Å². The molecule has 2 heterocycles. The number of aromatic nitrogens is 4. The molecule has 0 aliphatic heterocycles. The number of carbonyl (C=O) groups excluding carboxylic acids is 1. The highest BCUT2D eigenvalue weighted by Crippen LogP contribution is 2.27. The third-order valence-electron chi connectivity index (χ3n) is 6.07. The van der Waals surface area contributed by atoms with Crippen LogP contribution in [0.5, 0.6) is 0 Å². The number of benzene rings is 3. The van der Waals surface area contributed by atoms with Gasteiger partial charge in [0, 0.05) is 30.7 Å². The van der Waals surface area contributed by atoms with Gasteiger partial charge in [-0.05, 0) is 47.4 Å². The smallest absolute Gasteiger partial charge is 0.205 e. The summed E-state index contributed by atoms with van der Waals surface area (Å²) in [5.74, 6) is -0.0867. The van der Waals surface area contributed by atoms with Crippen molar-refractivity contribution in [2.24, 2.45) is 7.05 Å². The lowest BCUT2D eigenvalue weighted by molar-refractivity contribution is 0.0939. The molecule has 0 radical (unpaired) electrons. The number of carbonyl (C=O) groups is 1. The summed E-state index contributed by atoms with van der Waals surface area (Å²) in [6.45, 7) is 0.602. The van der Waals surface area contributed by atoms with Gasteiger partial charge in [-0.3, -0.25) is 14.6 Å². The van der Waals surface area contributed by atoms with Crippen LogP contribution in [0.4, 0.5) is 0 Å². The van der Waals surface area contributed by atoms with Crippen molar-refractivity contribution >= 4 is 16.7 Å². The first-order valence-corrected chi connectivity index (χ1v) is 11.4. The monoisotopic (exact) mass is 460 g/mol. The van der Waals surface area contributed by atoms with E-state index in [-0.39, 0.29) is 5.78 Å². The Hall–Kier alpha value is -4.54. The average Bonchev–Trinajstić information content (AvgIpc) is 3.53. The molecular formula is C28H24N6O. The number of rotatable bonds is 8. The number of Topliss-reactive ketones (excluding diaryl/α,β-unsaturated/α-hetero) is 1. The number of nitriles is 1. The van der Waals surface area contributed by atoms with Crippen LogP contribution in [0.2, 0.25) is 0 Å². The van der Waals surface area contributed by atoms with Crippen LogP contribution in [0.15, 0.2) is 85.2 Å². The number of ketones is 1. The lowest BCUT2D eigenvalue weighted by Crippen LogP contribution is -2.30. The molecule has 5 rings (SSSR count). The molecule has 2 N–H and O–H groups in total. The number of hydrogen-bond donors (Lipinski definition) is 2. The van der Waals surface area contributed by atoms with E-state index in [9.17, 15) is 4.79 Å². The molecule has 1 unspecified atom stereocenters. The van der Waals surface area contributed by atoms with Crippen molar-refractivity contribution in [1.29, 1.82) is 5.26 Å². The summed E-state index contributed by atoms with van der Waals surface area (Å²) in [4.78, 5) is 13.7. The maximum absolute atomic E-state index is 13.7. The molecule has 5 aromatic rings. The Morgan fingerprint density at radius 2 is 1.89 bits per heavy atom. The van der Waals surface area contributed by atoms with Gasteiger partial charge >= 0.3 is 0 Å². The summed E-state index contributed by atoms with van der Waals surface area (Å²) in [6.07, 6.45) is 4.50. The van der Waals surface area contributed by atoms with E-state index >= 15 is 0 Å². The highest BCUT2D eigenvalue weighted by molar-refractivity contribution is 6.09. The summed E-state index contributed by atoms with van der Waals surface area (Å²) < 4.78 is 1.76. The lowest BCUT2D eigenvalue weighted by Gasteiger charge is -2.17. The van der Waals surface area contributed by atoms with Gasteiger partial charge in [0.1, 0.15) is 5.69 Å². The van der Waals surface area contributed by atoms with E-state index in [0.717, 1.165) is 39.6 Å². The van der Waals surface area contributed by atoms with Crippen LogP contribution in [0.3, 0.4) is 0 Å². The van der Waals surface area contributed by atoms with E-state index < -0.39 is 6.04 Å². The SMILES string of the molecule is Cn1cc(-c2ccc3c(C(=O)C(NCCc4ccc(C#N)cc4)c4ccccc4)n[nH]c3c2)cn1. The minimum Gasteiger partial charge on any atom is -0.303 e. The molecule has 0 saturated carbocycles. The molecule has 0 spiro atoms. The molecule has 35 heavy (non-hydrogen) atoms. The molecule has 0 bridgehead atoms. The first-order valence-electron chi connectivity index (χ1n) is 11.4. The summed E-state index contributed by atoms with van der Waals surface area (Å²) in [5, 5.41) is 24.9. The van der Waals surface area contributed by atoms with Crippen molar-refractivity contribution in [1.82, 2.24) is 25.3 Å². The fourth-order valence-corrected chi connectivity index (χ4v) is 4.21. The molecule has 7 heteroatoms. The minimum atomic E-state index is -0.529. The third-order valence-corrected chi connectivity index (χ3v) is 6.07. The van der Waals surface area contributed by atoms with Gasteiger partial charge in [0.2, 0.25) is 5.78 Å². The van der Waals surface area contributed by atoms with Crippen molar-refractivity contribution in [3.05, 3.63) is 108 Å². The van der Waals surface area contributed by atoms with Gasteiger partial charge < -0.3 is 5.32 Å². The Labute approximate surface area is 203 Å². The lowest BCUT2D eigenvalue weighted by atomic mass is 9.98.